The molecule has 1 aliphatic heterocycles. The number of hydrogen-bond donors (Lipinski definition) is 0. The largest absolute Gasteiger partial charge is 0.445 e. The third-order valence-electron chi connectivity index (χ3n) is 1.73. The topological polar surface area (TPSA) is 29.5 Å². The number of ether oxygens (including phenoxy) is 1. The molecule has 1 saturated heterocycles. The summed E-state index contributed by atoms with van der Waals surface area (Å²) in [5.41, 5.74) is 1.09. The van der Waals surface area contributed by atoms with Crippen molar-refractivity contribution < 1.29 is 9.53 Å². The van der Waals surface area contributed by atoms with E-state index in [-0.39, 0.29) is 12.7 Å². The Morgan fingerprint density at radius 3 is 3.00 bits per heavy atom. The van der Waals surface area contributed by atoms with Crippen LogP contribution in [0.2, 0.25) is 0 Å². The van der Waals surface area contributed by atoms with Gasteiger partial charge in [0.2, 0.25) is 0 Å². The van der Waals surface area contributed by atoms with Crippen molar-refractivity contribution in [2.45, 2.75) is 6.42 Å². The highest BCUT2D eigenvalue weighted by Crippen LogP contribution is 2.13. The summed E-state index contributed by atoms with van der Waals surface area (Å²) in [6.07, 6.45) is 2.18. The van der Waals surface area contributed by atoms with E-state index in [2.05, 4.69) is 13.2 Å². The molecule has 1 amide bonds. The third-order valence-corrected chi connectivity index (χ3v) is 1.73. The first-order valence-electron chi connectivity index (χ1n) is 3.93. The quantitative estimate of drug-likeness (QED) is 0.584. The average molecular weight is 167 g/mol. The van der Waals surface area contributed by atoms with Gasteiger partial charge < -0.3 is 9.64 Å². The number of amides is 1. The predicted octanol–water partition coefficient (Wildman–Crippen LogP) is 1.57. The minimum absolute atomic E-state index is 0.270. The van der Waals surface area contributed by atoms with Gasteiger partial charge in [-0.3, -0.25) is 0 Å². The normalized spacial score (nSPS) is 16.3. The molecule has 3 heteroatoms. The van der Waals surface area contributed by atoms with Gasteiger partial charge in [0.25, 0.3) is 0 Å². The molecule has 0 spiro atoms. The van der Waals surface area contributed by atoms with Crippen molar-refractivity contribution in [3.63, 3.8) is 0 Å². The van der Waals surface area contributed by atoms with Crippen molar-refractivity contribution in [1.29, 1.82) is 0 Å². The molecule has 0 bridgehead atoms. The fraction of sp³-hybridized carbons (Fsp3) is 0.444. The third kappa shape index (κ3) is 2.12. The molecular weight excluding hydrogens is 154 g/mol. The van der Waals surface area contributed by atoms with Crippen molar-refractivity contribution in [1.82, 2.24) is 4.90 Å². The Labute approximate surface area is 72.3 Å². The summed E-state index contributed by atoms with van der Waals surface area (Å²) < 4.78 is 4.85. The fourth-order valence-electron chi connectivity index (χ4n) is 1.10. The second-order valence-corrected chi connectivity index (χ2v) is 2.79. The summed E-state index contributed by atoms with van der Waals surface area (Å²) in [5.74, 6) is 0. The summed E-state index contributed by atoms with van der Waals surface area (Å²) in [6, 6.07) is 0. The zero-order valence-corrected chi connectivity index (χ0v) is 7.08. The standard InChI is InChI=1S/C9H13NO2/c1-3-6-12-9(11)10-5-4-8(2)7-10/h3H,1-2,4-7H2. The van der Waals surface area contributed by atoms with E-state index >= 15 is 0 Å². The number of carbonyl (C=O) groups excluding carboxylic acids is 1. The van der Waals surface area contributed by atoms with Crippen LogP contribution in [0, 0.1) is 0 Å². The van der Waals surface area contributed by atoms with Gasteiger partial charge in [-0.25, -0.2) is 4.79 Å². The molecule has 12 heavy (non-hydrogen) atoms. The summed E-state index contributed by atoms with van der Waals surface area (Å²) >= 11 is 0. The van der Waals surface area contributed by atoms with Gasteiger partial charge in [0.05, 0.1) is 0 Å². The van der Waals surface area contributed by atoms with Gasteiger partial charge >= 0.3 is 6.09 Å². The fourth-order valence-corrected chi connectivity index (χ4v) is 1.10. The van der Waals surface area contributed by atoms with Crippen LogP contribution in [0.1, 0.15) is 6.42 Å². The van der Waals surface area contributed by atoms with Gasteiger partial charge in [-0.05, 0) is 6.42 Å². The molecule has 3 nitrogen and oxygen atoms in total. The summed E-state index contributed by atoms with van der Waals surface area (Å²) in [5, 5.41) is 0. The highest BCUT2D eigenvalue weighted by atomic mass is 16.6. The first kappa shape index (κ1) is 8.84. The second-order valence-electron chi connectivity index (χ2n) is 2.79. The van der Waals surface area contributed by atoms with Crippen LogP contribution in [0.15, 0.2) is 24.8 Å². The molecule has 0 radical (unpaired) electrons. The van der Waals surface area contributed by atoms with E-state index in [1.165, 1.54) is 0 Å². The SMILES string of the molecule is C=CCOC(=O)N1CCC(=C)C1. The lowest BCUT2D eigenvalue weighted by atomic mass is 10.3. The molecule has 1 rings (SSSR count). The highest BCUT2D eigenvalue weighted by Gasteiger charge is 2.20. The van der Waals surface area contributed by atoms with Gasteiger partial charge in [-0.15, -0.1) is 0 Å². The van der Waals surface area contributed by atoms with Crippen LogP contribution in [-0.2, 0) is 4.74 Å². The van der Waals surface area contributed by atoms with Crippen LogP contribution < -0.4 is 0 Å². The number of likely N-dealkylation sites (tertiary alicyclic amines) is 1. The molecule has 66 valence electrons. The Morgan fingerprint density at radius 2 is 2.50 bits per heavy atom. The van der Waals surface area contributed by atoms with Crippen molar-refractivity contribution in [2.24, 2.45) is 0 Å². The van der Waals surface area contributed by atoms with E-state index in [0.717, 1.165) is 18.5 Å². The molecule has 0 aromatic heterocycles. The second kappa shape index (κ2) is 3.95. The van der Waals surface area contributed by atoms with Crippen LogP contribution in [0.3, 0.4) is 0 Å². The Kier molecular flexibility index (Phi) is 2.91. The Bertz CT molecular complexity index is 211. The van der Waals surface area contributed by atoms with Crippen molar-refractivity contribution in [3.05, 3.63) is 24.8 Å². The van der Waals surface area contributed by atoms with Gasteiger partial charge in [-0.1, -0.05) is 24.8 Å². The van der Waals surface area contributed by atoms with E-state index in [1.54, 1.807) is 11.0 Å². The Morgan fingerprint density at radius 1 is 1.75 bits per heavy atom. The van der Waals surface area contributed by atoms with Crippen LogP contribution in [0.25, 0.3) is 0 Å². The first-order valence-corrected chi connectivity index (χ1v) is 3.93. The molecule has 0 aliphatic carbocycles. The van der Waals surface area contributed by atoms with E-state index in [0.29, 0.717) is 6.54 Å². The zero-order chi connectivity index (χ0) is 8.97. The summed E-state index contributed by atoms with van der Waals surface area (Å²) in [4.78, 5) is 12.8. The molecular formula is C9H13NO2. The van der Waals surface area contributed by atoms with E-state index in [4.69, 9.17) is 4.74 Å². The number of rotatable bonds is 2. The lowest BCUT2D eigenvalue weighted by Gasteiger charge is -2.13. The molecule has 1 heterocycles. The minimum Gasteiger partial charge on any atom is -0.445 e. The molecule has 0 saturated carbocycles. The molecule has 0 N–H and O–H groups in total. The maximum Gasteiger partial charge on any atom is 0.410 e. The molecule has 1 fully saturated rings. The van der Waals surface area contributed by atoms with E-state index < -0.39 is 0 Å². The molecule has 0 aromatic carbocycles. The molecule has 0 unspecified atom stereocenters. The van der Waals surface area contributed by atoms with Crippen LogP contribution in [-0.4, -0.2) is 30.7 Å². The highest BCUT2D eigenvalue weighted by molar-refractivity contribution is 5.68. The lowest BCUT2D eigenvalue weighted by molar-refractivity contribution is 0.122. The number of nitrogens with zero attached hydrogens (tertiary/aromatic N) is 1. The maximum atomic E-state index is 11.2. The molecule has 0 atom stereocenters. The number of carbonyl (C=O) groups is 1. The Balaban J connectivity index is 2.32. The van der Waals surface area contributed by atoms with Gasteiger partial charge in [0.15, 0.2) is 0 Å². The zero-order valence-electron chi connectivity index (χ0n) is 7.08. The summed E-state index contributed by atoms with van der Waals surface area (Å²) in [7, 11) is 0. The first-order chi connectivity index (χ1) is 5.74. The molecule has 1 aliphatic rings. The predicted molar refractivity (Wildman–Crippen MR) is 46.9 cm³/mol. The smallest absolute Gasteiger partial charge is 0.410 e. The van der Waals surface area contributed by atoms with Crippen molar-refractivity contribution in [2.75, 3.05) is 19.7 Å². The monoisotopic (exact) mass is 167 g/mol. The molecule has 0 aromatic rings. The van der Waals surface area contributed by atoms with Gasteiger partial charge in [-0.2, -0.15) is 0 Å². The maximum absolute atomic E-state index is 11.2. The van der Waals surface area contributed by atoms with Crippen molar-refractivity contribution in [3.8, 4) is 0 Å². The van der Waals surface area contributed by atoms with E-state index in [1.807, 2.05) is 0 Å². The van der Waals surface area contributed by atoms with Gasteiger partial charge in [0.1, 0.15) is 6.61 Å². The number of hydrogen-bond acceptors (Lipinski definition) is 2. The average Bonchev–Trinajstić information content (AvgIpc) is 2.47. The van der Waals surface area contributed by atoms with Crippen molar-refractivity contribution >= 4 is 6.09 Å². The Hall–Kier alpha value is -1.25. The van der Waals surface area contributed by atoms with Crippen LogP contribution in [0.5, 0.6) is 0 Å². The minimum atomic E-state index is -0.270. The van der Waals surface area contributed by atoms with Crippen LogP contribution in [0.4, 0.5) is 4.79 Å². The lowest BCUT2D eigenvalue weighted by Crippen LogP contribution is -2.28. The van der Waals surface area contributed by atoms with E-state index in [9.17, 15) is 4.79 Å². The summed E-state index contributed by atoms with van der Waals surface area (Å²) in [6.45, 7) is 8.90. The van der Waals surface area contributed by atoms with Crippen LogP contribution >= 0.6 is 0 Å². The van der Waals surface area contributed by atoms with Gasteiger partial charge in [0, 0.05) is 13.1 Å².